The van der Waals surface area contributed by atoms with Gasteiger partial charge in [-0.25, -0.2) is 0 Å². The Bertz CT molecular complexity index is 168. The second-order valence-corrected chi connectivity index (χ2v) is 2.51. The third-order valence-electron chi connectivity index (χ3n) is 1.03. The zero-order valence-electron chi connectivity index (χ0n) is 5.29. The van der Waals surface area contributed by atoms with Crippen molar-refractivity contribution < 1.29 is 0 Å². The second-order valence-electron chi connectivity index (χ2n) is 1.63. The van der Waals surface area contributed by atoms with Gasteiger partial charge in [-0.1, -0.05) is 0 Å². The number of allylic oxidation sites excluding steroid dienone is 3. The lowest BCUT2D eigenvalue weighted by atomic mass is 10.5. The van der Waals surface area contributed by atoms with Gasteiger partial charge in [-0.05, 0) is 24.5 Å². The minimum absolute atomic E-state index is 1.27. The summed E-state index contributed by atoms with van der Waals surface area (Å²) in [5, 5.41) is 2.98. The van der Waals surface area contributed by atoms with Crippen molar-refractivity contribution in [2.75, 3.05) is 6.26 Å². The molecular weight excluding hydrogens is 130 g/mol. The summed E-state index contributed by atoms with van der Waals surface area (Å²) in [6.07, 6.45) is 12.0. The van der Waals surface area contributed by atoms with Crippen LogP contribution < -0.4 is 5.32 Å². The molecule has 0 aromatic rings. The molecule has 0 saturated heterocycles. The molecule has 1 nitrogen and oxygen atoms in total. The van der Waals surface area contributed by atoms with Crippen LogP contribution in [-0.4, -0.2) is 6.26 Å². The molecule has 0 aromatic carbocycles. The second kappa shape index (κ2) is 3.41. The Hall–Kier alpha value is -0.630. The van der Waals surface area contributed by atoms with Crippen LogP contribution in [0.25, 0.3) is 0 Å². The average Bonchev–Trinajstić information content (AvgIpc) is 2.13. The molecule has 0 bridgehead atoms. The van der Waals surface area contributed by atoms with Gasteiger partial charge in [0.2, 0.25) is 0 Å². The number of nitrogens with one attached hydrogen (secondary N) is 1. The summed E-state index contributed by atoms with van der Waals surface area (Å²) in [6.45, 7) is 0. The van der Waals surface area contributed by atoms with Gasteiger partial charge in [0.15, 0.2) is 0 Å². The number of rotatable bonds is 1. The predicted molar refractivity (Wildman–Crippen MR) is 43.0 cm³/mol. The predicted octanol–water partition coefficient (Wildman–Crippen LogP) is 1.86. The smallest absolute Gasteiger partial charge is 0.00841 e. The lowest BCUT2D eigenvalue weighted by Crippen LogP contribution is -1.87. The van der Waals surface area contributed by atoms with Gasteiger partial charge in [-0.15, -0.1) is 11.8 Å². The highest BCUT2D eigenvalue weighted by molar-refractivity contribution is 8.02. The van der Waals surface area contributed by atoms with E-state index in [0.29, 0.717) is 0 Å². The Morgan fingerprint density at radius 3 is 3.11 bits per heavy atom. The van der Waals surface area contributed by atoms with Crippen molar-refractivity contribution in [1.29, 1.82) is 0 Å². The Kier molecular flexibility index (Phi) is 2.46. The van der Waals surface area contributed by atoms with Gasteiger partial charge < -0.3 is 5.32 Å². The SMILES string of the molecule is CSC1=CC=CNC=C1. The average molecular weight is 139 g/mol. The van der Waals surface area contributed by atoms with Crippen LogP contribution in [0.3, 0.4) is 0 Å². The van der Waals surface area contributed by atoms with E-state index in [4.69, 9.17) is 0 Å². The summed E-state index contributed by atoms with van der Waals surface area (Å²) >= 11 is 1.74. The molecule has 48 valence electrons. The van der Waals surface area contributed by atoms with Crippen LogP contribution in [0.15, 0.2) is 35.5 Å². The molecule has 0 saturated carbocycles. The van der Waals surface area contributed by atoms with Crippen molar-refractivity contribution in [1.82, 2.24) is 5.32 Å². The van der Waals surface area contributed by atoms with Gasteiger partial charge in [0, 0.05) is 17.3 Å². The summed E-state index contributed by atoms with van der Waals surface area (Å²) in [5.74, 6) is 0. The normalized spacial score (nSPS) is 16.3. The van der Waals surface area contributed by atoms with E-state index >= 15 is 0 Å². The van der Waals surface area contributed by atoms with Gasteiger partial charge in [-0.3, -0.25) is 0 Å². The molecule has 0 radical (unpaired) electrons. The Balaban J connectivity index is 2.67. The van der Waals surface area contributed by atoms with Gasteiger partial charge >= 0.3 is 0 Å². The molecule has 9 heavy (non-hydrogen) atoms. The number of thioether (sulfide) groups is 1. The molecule has 2 heteroatoms. The van der Waals surface area contributed by atoms with Crippen LogP contribution >= 0.6 is 11.8 Å². The van der Waals surface area contributed by atoms with E-state index in [2.05, 4.69) is 17.6 Å². The van der Waals surface area contributed by atoms with E-state index in [1.54, 1.807) is 11.8 Å². The largest absolute Gasteiger partial charge is 0.368 e. The lowest BCUT2D eigenvalue weighted by Gasteiger charge is -1.89. The van der Waals surface area contributed by atoms with Crippen LogP contribution in [0.1, 0.15) is 0 Å². The highest BCUT2D eigenvalue weighted by Gasteiger charge is 1.86. The first-order valence-corrected chi connectivity index (χ1v) is 3.99. The Morgan fingerprint density at radius 1 is 1.44 bits per heavy atom. The monoisotopic (exact) mass is 139 g/mol. The maximum absolute atomic E-state index is 2.98. The highest BCUT2D eigenvalue weighted by Crippen LogP contribution is 2.13. The summed E-state index contributed by atoms with van der Waals surface area (Å²) < 4.78 is 0. The zero-order chi connectivity index (χ0) is 6.53. The first-order valence-electron chi connectivity index (χ1n) is 2.77. The fourth-order valence-corrected chi connectivity index (χ4v) is 0.995. The van der Waals surface area contributed by atoms with Crippen molar-refractivity contribution in [3.63, 3.8) is 0 Å². The summed E-state index contributed by atoms with van der Waals surface area (Å²) in [7, 11) is 0. The molecule has 0 atom stereocenters. The van der Waals surface area contributed by atoms with Crippen LogP contribution in [0, 0.1) is 0 Å². The first-order chi connectivity index (χ1) is 4.43. The molecule has 1 aliphatic rings. The summed E-state index contributed by atoms with van der Waals surface area (Å²) in [5.41, 5.74) is 0. The minimum atomic E-state index is 1.27. The van der Waals surface area contributed by atoms with E-state index in [0.717, 1.165) is 0 Å². The molecule has 1 aliphatic heterocycles. The third-order valence-corrected chi connectivity index (χ3v) is 1.78. The molecule has 1 N–H and O–H groups in total. The fraction of sp³-hybridized carbons (Fsp3) is 0.143. The maximum Gasteiger partial charge on any atom is 0.00841 e. The van der Waals surface area contributed by atoms with Crippen molar-refractivity contribution in [3.8, 4) is 0 Å². The van der Waals surface area contributed by atoms with E-state index < -0.39 is 0 Å². The van der Waals surface area contributed by atoms with Crippen molar-refractivity contribution >= 4 is 11.8 Å². The number of hydrogen-bond donors (Lipinski definition) is 1. The Morgan fingerprint density at radius 2 is 2.33 bits per heavy atom. The van der Waals surface area contributed by atoms with E-state index in [1.807, 2.05) is 24.6 Å². The van der Waals surface area contributed by atoms with E-state index in [-0.39, 0.29) is 0 Å². The van der Waals surface area contributed by atoms with Gasteiger partial charge in [0.1, 0.15) is 0 Å². The molecule has 0 fully saturated rings. The molecule has 1 heterocycles. The maximum atomic E-state index is 2.98. The summed E-state index contributed by atoms with van der Waals surface area (Å²) in [6, 6.07) is 0. The minimum Gasteiger partial charge on any atom is -0.368 e. The van der Waals surface area contributed by atoms with Crippen molar-refractivity contribution in [3.05, 3.63) is 35.5 Å². The third kappa shape index (κ3) is 1.98. The van der Waals surface area contributed by atoms with Crippen LogP contribution in [0.2, 0.25) is 0 Å². The van der Waals surface area contributed by atoms with Crippen LogP contribution in [-0.2, 0) is 0 Å². The van der Waals surface area contributed by atoms with E-state index in [9.17, 15) is 0 Å². The van der Waals surface area contributed by atoms with Gasteiger partial charge in [-0.2, -0.15) is 0 Å². The number of hydrogen-bond acceptors (Lipinski definition) is 2. The van der Waals surface area contributed by atoms with Crippen LogP contribution in [0.4, 0.5) is 0 Å². The molecule has 0 spiro atoms. The van der Waals surface area contributed by atoms with Gasteiger partial charge in [0.25, 0.3) is 0 Å². The summed E-state index contributed by atoms with van der Waals surface area (Å²) in [4.78, 5) is 1.27. The van der Waals surface area contributed by atoms with Gasteiger partial charge in [0.05, 0.1) is 0 Å². The lowest BCUT2D eigenvalue weighted by molar-refractivity contribution is 1.20. The van der Waals surface area contributed by atoms with Crippen molar-refractivity contribution in [2.24, 2.45) is 0 Å². The van der Waals surface area contributed by atoms with Crippen LogP contribution in [0.5, 0.6) is 0 Å². The highest BCUT2D eigenvalue weighted by atomic mass is 32.2. The molecular formula is C7H9NS. The topological polar surface area (TPSA) is 12.0 Å². The van der Waals surface area contributed by atoms with E-state index in [1.165, 1.54) is 4.91 Å². The molecule has 0 amide bonds. The molecule has 0 aromatic heterocycles. The Labute approximate surface area is 59.5 Å². The molecule has 0 unspecified atom stereocenters. The molecule has 0 aliphatic carbocycles. The standard InChI is InChI=1S/C7H9NS/c1-9-7-3-2-5-8-6-4-7/h2-6,8H,1H3. The zero-order valence-corrected chi connectivity index (χ0v) is 6.11. The molecule has 1 rings (SSSR count). The first kappa shape index (κ1) is 6.49. The fourth-order valence-electron chi connectivity index (χ4n) is 0.576. The van der Waals surface area contributed by atoms with Crippen molar-refractivity contribution in [2.45, 2.75) is 0 Å². The quantitative estimate of drug-likeness (QED) is 0.595.